The molecule has 0 aromatic heterocycles. The van der Waals surface area contributed by atoms with Gasteiger partial charge in [-0.3, -0.25) is 9.69 Å². The summed E-state index contributed by atoms with van der Waals surface area (Å²) < 4.78 is 27.4. The van der Waals surface area contributed by atoms with Crippen molar-refractivity contribution in [2.24, 2.45) is 0 Å². The minimum absolute atomic E-state index is 0.00214. The lowest BCUT2D eigenvalue weighted by Gasteiger charge is -2.33. The van der Waals surface area contributed by atoms with Crippen LogP contribution in [0.15, 0.2) is 47.4 Å². The van der Waals surface area contributed by atoms with Crippen LogP contribution in [-0.2, 0) is 14.8 Å². The number of piperazine rings is 1. The van der Waals surface area contributed by atoms with E-state index in [4.69, 9.17) is 0 Å². The Labute approximate surface area is 154 Å². The van der Waals surface area contributed by atoms with Crippen LogP contribution in [0.1, 0.15) is 13.3 Å². The van der Waals surface area contributed by atoms with E-state index < -0.39 is 10.0 Å². The van der Waals surface area contributed by atoms with Crippen LogP contribution in [-0.4, -0.2) is 62.8 Å². The number of sulfonamides is 1. The van der Waals surface area contributed by atoms with Crippen LogP contribution < -0.4 is 5.32 Å². The van der Waals surface area contributed by atoms with Crippen molar-refractivity contribution in [3.8, 4) is 0 Å². The molecular weight excluding hydrogens is 350 g/mol. The number of carbonyl (C=O) groups is 1. The summed E-state index contributed by atoms with van der Waals surface area (Å²) in [5, 5.41) is 4.79. The highest BCUT2D eigenvalue weighted by molar-refractivity contribution is 7.89. The van der Waals surface area contributed by atoms with Gasteiger partial charge >= 0.3 is 0 Å². The molecule has 140 valence electrons. The van der Waals surface area contributed by atoms with Gasteiger partial charge in [-0.15, -0.1) is 0 Å². The van der Waals surface area contributed by atoms with Gasteiger partial charge in [0, 0.05) is 32.7 Å². The molecule has 6 nitrogen and oxygen atoms in total. The topological polar surface area (TPSA) is 69.7 Å². The van der Waals surface area contributed by atoms with Crippen LogP contribution in [0.3, 0.4) is 0 Å². The van der Waals surface area contributed by atoms with Crippen LogP contribution in [0.5, 0.6) is 0 Å². The van der Waals surface area contributed by atoms with E-state index in [1.165, 1.54) is 4.31 Å². The molecule has 1 heterocycles. The van der Waals surface area contributed by atoms with E-state index in [-0.39, 0.29) is 5.91 Å². The molecule has 1 fully saturated rings. The molecule has 0 unspecified atom stereocenters. The second-order valence-electron chi connectivity index (χ2n) is 6.54. The van der Waals surface area contributed by atoms with Gasteiger partial charge in [-0.1, -0.05) is 37.3 Å². The Morgan fingerprint density at radius 2 is 1.73 bits per heavy atom. The van der Waals surface area contributed by atoms with E-state index in [0.29, 0.717) is 44.2 Å². The Hall–Kier alpha value is -1.96. The number of nitrogens with one attached hydrogen (secondary N) is 1. The van der Waals surface area contributed by atoms with Gasteiger partial charge in [0.1, 0.15) is 0 Å². The average Bonchev–Trinajstić information content (AvgIpc) is 2.66. The van der Waals surface area contributed by atoms with Gasteiger partial charge in [-0.2, -0.15) is 4.31 Å². The van der Waals surface area contributed by atoms with Crippen molar-refractivity contribution in [2.75, 3.05) is 39.3 Å². The Morgan fingerprint density at radius 1 is 1.04 bits per heavy atom. The zero-order valence-electron chi connectivity index (χ0n) is 15.0. The van der Waals surface area contributed by atoms with Gasteiger partial charge in [0.15, 0.2) is 0 Å². The molecule has 1 N–H and O–H groups in total. The molecule has 0 radical (unpaired) electrons. The smallest absolute Gasteiger partial charge is 0.243 e. The molecule has 0 aliphatic carbocycles. The lowest BCUT2D eigenvalue weighted by Crippen LogP contribution is -2.51. The van der Waals surface area contributed by atoms with Crippen molar-refractivity contribution < 1.29 is 13.2 Å². The molecule has 2 aromatic rings. The normalized spacial score (nSPS) is 16.7. The number of carbonyl (C=O) groups excluding carboxylic acids is 1. The molecule has 0 bridgehead atoms. The molecule has 1 saturated heterocycles. The SMILES string of the molecule is CCCNC(=O)CN1CCN(S(=O)(=O)c2ccc3ccccc3c2)CC1. The maximum absolute atomic E-state index is 12.9. The number of hydrogen-bond donors (Lipinski definition) is 1. The standard InChI is InChI=1S/C19H25N3O3S/c1-2-9-20-19(23)15-21-10-12-22(13-11-21)26(24,25)18-8-7-16-5-3-4-6-17(16)14-18/h3-8,14H,2,9-13,15H2,1H3,(H,20,23). The molecule has 7 heteroatoms. The van der Waals surface area contributed by atoms with Gasteiger partial charge in [-0.25, -0.2) is 8.42 Å². The monoisotopic (exact) mass is 375 g/mol. The maximum Gasteiger partial charge on any atom is 0.243 e. The van der Waals surface area contributed by atoms with E-state index in [1.54, 1.807) is 12.1 Å². The highest BCUT2D eigenvalue weighted by atomic mass is 32.2. The predicted octanol–water partition coefficient (Wildman–Crippen LogP) is 1.67. The lowest BCUT2D eigenvalue weighted by atomic mass is 10.1. The molecular formula is C19H25N3O3S. The summed E-state index contributed by atoms with van der Waals surface area (Å²) in [6.45, 7) is 4.93. The zero-order chi connectivity index (χ0) is 18.6. The first-order valence-corrected chi connectivity index (χ1v) is 10.4. The Balaban J connectivity index is 1.64. The van der Waals surface area contributed by atoms with Crippen molar-refractivity contribution in [3.63, 3.8) is 0 Å². The molecule has 0 spiro atoms. The summed E-state index contributed by atoms with van der Waals surface area (Å²) in [4.78, 5) is 14.1. The summed E-state index contributed by atoms with van der Waals surface area (Å²) >= 11 is 0. The highest BCUT2D eigenvalue weighted by Crippen LogP contribution is 2.22. The molecule has 26 heavy (non-hydrogen) atoms. The van der Waals surface area contributed by atoms with E-state index >= 15 is 0 Å². The van der Waals surface area contributed by atoms with E-state index in [1.807, 2.05) is 42.2 Å². The number of rotatable bonds is 6. The Kier molecular flexibility index (Phi) is 5.90. The van der Waals surface area contributed by atoms with Crippen molar-refractivity contribution in [1.82, 2.24) is 14.5 Å². The highest BCUT2D eigenvalue weighted by Gasteiger charge is 2.29. The van der Waals surface area contributed by atoms with Crippen molar-refractivity contribution in [3.05, 3.63) is 42.5 Å². The molecule has 3 rings (SSSR count). The lowest BCUT2D eigenvalue weighted by molar-refractivity contribution is -0.122. The average molecular weight is 375 g/mol. The fourth-order valence-corrected chi connectivity index (χ4v) is 4.59. The zero-order valence-corrected chi connectivity index (χ0v) is 15.8. The van der Waals surface area contributed by atoms with Gasteiger partial charge in [-0.05, 0) is 29.3 Å². The summed E-state index contributed by atoms with van der Waals surface area (Å²) in [6.07, 6.45) is 0.906. The van der Waals surface area contributed by atoms with E-state index in [0.717, 1.165) is 17.2 Å². The number of benzene rings is 2. The summed E-state index contributed by atoms with van der Waals surface area (Å²) in [7, 11) is -3.51. The van der Waals surface area contributed by atoms with Crippen LogP contribution in [0.4, 0.5) is 0 Å². The molecule has 1 aliphatic heterocycles. The number of nitrogens with zero attached hydrogens (tertiary/aromatic N) is 2. The molecule has 1 aliphatic rings. The second kappa shape index (κ2) is 8.16. The van der Waals surface area contributed by atoms with Gasteiger partial charge in [0.2, 0.25) is 15.9 Å². The molecule has 0 atom stereocenters. The van der Waals surface area contributed by atoms with Gasteiger partial charge < -0.3 is 5.32 Å². The Bertz CT molecular complexity index is 874. The number of hydrogen-bond acceptors (Lipinski definition) is 4. The first-order chi connectivity index (χ1) is 12.5. The molecule has 0 saturated carbocycles. The first kappa shape index (κ1) is 18.8. The minimum atomic E-state index is -3.51. The third-order valence-electron chi connectivity index (χ3n) is 4.63. The summed E-state index contributed by atoms with van der Waals surface area (Å²) in [6, 6.07) is 13.0. The summed E-state index contributed by atoms with van der Waals surface area (Å²) in [5.74, 6) is -0.00214. The van der Waals surface area contributed by atoms with Crippen LogP contribution in [0.2, 0.25) is 0 Å². The largest absolute Gasteiger partial charge is 0.355 e. The van der Waals surface area contributed by atoms with Crippen LogP contribution >= 0.6 is 0 Å². The summed E-state index contributed by atoms with van der Waals surface area (Å²) in [5.41, 5.74) is 0. The maximum atomic E-state index is 12.9. The van der Waals surface area contributed by atoms with E-state index in [9.17, 15) is 13.2 Å². The number of fused-ring (bicyclic) bond motifs is 1. The predicted molar refractivity (Wildman–Crippen MR) is 102 cm³/mol. The first-order valence-electron chi connectivity index (χ1n) is 8.98. The second-order valence-corrected chi connectivity index (χ2v) is 8.48. The fraction of sp³-hybridized carbons (Fsp3) is 0.421. The van der Waals surface area contributed by atoms with Gasteiger partial charge in [0.25, 0.3) is 0 Å². The quantitative estimate of drug-likeness (QED) is 0.834. The van der Waals surface area contributed by atoms with Crippen molar-refractivity contribution in [1.29, 1.82) is 0 Å². The van der Waals surface area contributed by atoms with Crippen LogP contribution in [0, 0.1) is 0 Å². The third-order valence-corrected chi connectivity index (χ3v) is 6.52. The van der Waals surface area contributed by atoms with Gasteiger partial charge in [0.05, 0.1) is 11.4 Å². The fourth-order valence-electron chi connectivity index (χ4n) is 3.13. The molecule has 2 aromatic carbocycles. The molecule has 1 amide bonds. The Morgan fingerprint density at radius 3 is 2.42 bits per heavy atom. The van der Waals surface area contributed by atoms with Crippen molar-refractivity contribution >= 4 is 26.7 Å². The number of amides is 1. The van der Waals surface area contributed by atoms with E-state index in [2.05, 4.69) is 5.32 Å². The van der Waals surface area contributed by atoms with Crippen molar-refractivity contribution in [2.45, 2.75) is 18.2 Å². The third kappa shape index (κ3) is 4.23. The van der Waals surface area contributed by atoms with Crippen LogP contribution in [0.25, 0.3) is 10.8 Å². The minimum Gasteiger partial charge on any atom is -0.355 e.